The van der Waals surface area contributed by atoms with Crippen molar-refractivity contribution in [3.8, 4) is 23.1 Å². The summed E-state index contributed by atoms with van der Waals surface area (Å²) in [4.78, 5) is 28.4. The molecule has 1 aliphatic heterocycles. The minimum absolute atomic E-state index is 0.0782. The Bertz CT molecular complexity index is 1340. The summed E-state index contributed by atoms with van der Waals surface area (Å²) in [7, 11) is -2.66. The molecule has 2 heterocycles. The molecule has 1 unspecified atom stereocenters. The van der Waals surface area contributed by atoms with Crippen LogP contribution in [-0.4, -0.2) is 53.5 Å². The molecule has 1 aromatic heterocycles. The van der Waals surface area contributed by atoms with Crippen molar-refractivity contribution >= 4 is 16.5 Å². The van der Waals surface area contributed by atoms with E-state index in [9.17, 15) is 24.0 Å². The van der Waals surface area contributed by atoms with E-state index in [-0.39, 0.29) is 36.3 Å². The van der Waals surface area contributed by atoms with Crippen LogP contribution in [0.5, 0.6) is 0 Å². The van der Waals surface area contributed by atoms with Crippen molar-refractivity contribution in [2.75, 3.05) is 18.1 Å². The zero-order valence-corrected chi connectivity index (χ0v) is 23.5. The van der Waals surface area contributed by atoms with Crippen molar-refractivity contribution in [3.05, 3.63) is 51.2 Å². The summed E-state index contributed by atoms with van der Waals surface area (Å²) in [6.45, 7) is 1.84. The van der Waals surface area contributed by atoms with Crippen molar-refractivity contribution in [1.29, 1.82) is 0 Å². The summed E-state index contributed by atoms with van der Waals surface area (Å²) in [5.74, 6) is 8.43. The minimum atomic E-state index is -2.66. The molecule has 10 nitrogen and oxygen atoms in total. The number of carbonyl (C=O) groups is 1. The molecule has 3 N–H and O–H groups in total. The molecular weight excluding hydrogens is 532 g/mol. The van der Waals surface area contributed by atoms with Crippen molar-refractivity contribution < 1.29 is 23.8 Å². The molecule has 1 saturated heterocycles. The summed E-state index contributed by atoms with van der Waals surface area (Å²) < 4.78 is 22.6. The third kappa shape index (κ3) is 5.45. The highest BCUT2D eigenvalue weighted by atomic mass is 32.3. The SMILES string of the molecule is Cc1c(C(=O)NC23CC4CC(CC(C4)C2)C3)nn(C2CCS(O)(O)C2)c1-c1ccc(C#CCCO[N+](=O)[O-])cc1. The number of amides is 1. The molecule has 214 valence electrons. The van der Waals surface area contributed by atoms with E-state index >= 15 is 0 Å². The molecule has 4 bridgehead atoms. The quantitative estimate of drug-likeness (QED) is 0.180. The van der Waals surface area contributed by atoms with Crippen molar-refractivity contribution in [2.24, 2.45) is 17.8 Å². The van der Waals surface area contributed by atoms with Gasteiger partial charge in [-0.15, -0.1) is 10.1 Å². The smallest absolute Gasteiger partial charge is 0.294 e. The summed E-state index contributed by atoms with van der Waals surface area (Å²) in [6, 6.07) is 7.37. The van der Waals surface area contributed by atoms with Gasteiger partial charge in [0.2, 0.25) is 0 Å². The van der Waals surface area contributed by atoms with Crippen LogP contribution >= 0.6 is 10.6 Å². The predicted octanol–water partition coefficient (Wildman–Crippen LogP) is 5.20. The molecule has 7 rings (SSSR count). The average molecular weight is 569 g/mol. The van der Waals surface area contributed by atoms with Crippen molar-refractivity contribution in [3.63, 3.8) is 0 Å². The van der Waals surface area contributed by atoms with Crippen molar-refractivity contribution in [1.82, 2.24) is 15.1 Å². The van der Waals surface area contributed by atoms with Crippen LogP contribution in [0.4, 0.5) is 0 Å². The number of nitrogens with one attached hydrogen (secondary N) is 1. The number of aromatic nitrogens is 2. The second-order valence-electron chi connectivity index (χ2n) is 12.2. The third-order valence-corrected chi connectivity index (χ3v) is 11.0. The van der Waals surface area contributed by atoms with E-state index in [2.05, 4.69) is 22.0 Å². The van der Waals surface area contributed by atoms with Crippen LogP contribution < -0.4 is 5.32 Å². The number of benzene rings is 1. The zero-order valence-electron chi connectivity index (χ0n) is 22.7. The summed E-state index contributed by atoms with van der Waals surface area (Å²) >= 11 is 0. The molecule has 1 amide bonds. The average Bonchev–Trinajstić information content (AvgIpc) is 3.41. The largest absolute Gasteiger partial charge is 0.345 e. The maximum absolute atomic E-state index is 13.8. The molecule has 40 heavy (non-hydrogen) atoms. The van der Waals surface area contributed by atoms with Gasteiger partial charge in [0.1, 0.15) is 6.61 Å². The van der Waals surface area contributed by atoms with Crippen LogP contribution in [0.1, 0.15) is 79.0 Å². The lowest BCUT2D eigenvalue weighted by atomic mass is 9.53. The highest BCUT2D eigenvalue weighted by Crippen LogP contribution is 2.56. The Morgan fingerprint density at radius 1 is 1.20 bits per heavy atom. The van der Waals surface area contributed by atoms with Crippen LogP contribution in [0.15, 0.2) is 24.3 Å². The van der Waals surface area contributed by atoms with Gasteiger partial charge >= 0.3 is 0 Å². The summed E-state index contributed by atoms with van der Waals surface area (Å²) in [5.41, 5.74) is 3.48. The Morgan fingerprint density at radius 2 is 1.85 bits per heavy atom. The number of nitrogens with zero attached hydrogens (tertiary/aromatic N) is 3. The molecule has 0 radical (unpaired) electrons. The van der Waals surface area contributed by atoms with Crippen LogP contribution in [-0.2, 0) is 4.84 Å². The minimum Gasteiger partial charge on any atom is -0.345 e. The maximum atomic E-state index is 13.8. The van der Waals surface area contributed by atoms with Crippen LogP contribution in [0, 0.1) is 46.6 Å². The Balaban J connectivity index is 1.27. The van der Waals surface area contributed by atoms with Gasteiger partial charge in [-0.05, 0) is 81.8 Å². The maximum Gasteiger partial charge on any atom is 0.294 e. The van der Waals surface area contributed by atoms with Crippen LogP contribution in [0.25, 0.3) is 11.3 Å². The third-order valence-electron chi connectivity index (χ3n) is 9.18. The molecule has 2 aromatic rings. The fourth-order valence-electron chi connectivity index (χ4n) is 7.95. The van der Waals surface area contributed by atoms with E-state index in [1.807, 2.05) is 35.9 Å². The Kier molecular flexibility index (Phi) is 7.05. The van der Waals surface area contributed by atoms with Gasteiger partial charge in [0.25, 0.3) is 11.0 Å². The van der Waals surface area contributed by atoms with Gasteiger partial charge in [-0.25, -0.2) is 0 Å². The van der Waals surface area contributed by atoms with E-state index < -0.39 is 15.7 Å². The normalized spacial score (nSPS) is 30.4. The second kappa shape index (κ2) is 10.4. The number of hydrogen-bond donors (Lipinski definition) is 3. The van der Waals surface area contributed by atoms with E-state index in [1.165, 1.54) is 19.3 Å². The van der Waals surface area contributed by atoms with Gasteiger partial charge in [0.05, 0.1) is 17.5 Å². The predicted molar refractivity (Wildman–Crippen MR) is 151 cm³/mol. The van der Waals surface area contributed by atoms with Crippen LogP contribution in [0.2, 0.25) is 0 Å². The Morgan fingerprint density at radius 3 is 2.42 bits per heavy atom. The first kappa shape index (κ1) is 27.1. The number of hydrogen-bond acceptors (Lipinski definition) is 7. The molecule has 4 aliphatic carbocycles. The van der Waals surface area contributed by atoms with E-state index in [4.69, 9.17) is 5.10 Å². The Hall–Kier alpha value is -3.07. The first-order chi connectivity index (χ1) is 19.1. The molecule has 4 saturated carbocycles. The zero-order chi connectivity index (χ0) is 28.1. The summed E-state index contributed by atoms with van der Waals surface area (Å²) in [5, 5.41) is 17.7. The summed E-state index contributed by atoms with van der Waals surface area (Å²) in [6.07, 6.45) is 7.90. The van der Waals surface area contributed by atoms with Gasteiger partial charge in [0, 0.05) is 34.4 Å². The molecule has 5 fully saturated rings. The fraction of sp³-hybridized carbons (Fsp3) is 0.586. The monoisotopic (exact) mass is 568 g/mol. The van der Waals surface area contributed by atoms with Crippen LogP contribution in [0.3, 0.4) is 0 Å². The Labute approximate surface area is 235 Å². The molecular formula is C29H36N4O6S. The van der Waals surface area contributed by atoms with Gasteiger partial charge < -0.3 is 10.2 Å². The van der Waals surface area contributed by atoms with Gasteiger partial charge in [-0.2, -0.15) is 15.7 Å². The highest BCUT2D eigenvalue weighted by Gasteiger charge is 2.52. The first-order valence-corrected chi connectivity index (χ1v) is 16.0. The van der Waals surface area contributed by atoms with Crippen molar-refractivity contribution in [2.45, 2.75) is 69.9 Å². The standard InChI is InChI=1S/C29H36N4O6S/c1-19-26(28(34)30-29-15-21-12-22(16-29)14-23(13-21)17-29)31-32(25-9-11-40(37,38)18-25)27(19)24-7-5-20(6-8-24)4-2-3-10-39-33(35)36/h5-8,21-23,25,37-38H,3,9-18H2,1H3,(H,30,34). The first-order valence-electron chi connectivity index (χ1n) is 14.1. The van der Waals surface area contributed by atoms with Gasteiger partial charge in [-0.1, -0.05) is 24.0 Å². The lowest BCUT2D eigenvalue weighted by Crippen LogP contribution is -2.59. The molecule has 1 atom stereocenters. The topological polar surface area (TPSA) is 140 Å². The van der Waals surface area contributed by atoms with E-state index in [1.54, 1.807) is 0 Å². The second-order valence-corrected chi connectivity index (χ2v) is 14.6. The fourth-order valence-corrected chi connectivity index (χ4v) is 9.69. The highest BCUT2D eigenvalue weighted by molar-refractivity contribution is 8.24. The number of carbonyl (C=O) groups excluding carboxylic acids is 1. The molecule has 1 aromatic carbocycles. The lowest BCUT2D eigenvalue weighted by Gasteiger charge is -2.56. The molecule has 5 aliphatic rings. The lowest BCUT2D eigenvalue weighted by molar-refractivity contribution is -0.757. The molecule has 0 spiro atoms. The van der Waals surface area contributed by atoms with Gasteiger partial charge in [0.15, 0.2) is 5.69 Å². The van der Waals surface area contributed by atoms with E-state index in [0.717, 1.165) is 41.6 Å². The number of rotatable bonds is 7. The van der Waals surface area contributed by atoms with E-state index in [0.29, 0.717) is 35.6 Å². The molecule has 11 heteroatoms. The van der Waals surface area contributed by atoms with Gasteiger partial charge in [-0.3, -0.25) is 18.6 Å².